The third-order valence-electron chi connectivity index (χ3n) is 5.82. The Labute approximate surface area is 159 Å². The van der Waals surface area contributed by atoms with Crippen LogP contribution in [0.5, 0.6) is 0 Å². The van der Waals surface area contributed by atoms with Crippen LogP contribution in [0.25, 0.3) is 0 Å². The molecule has 1 aliphatic rings. The summed E-state index contributed by atoms with van der Waals surface area (Å²) in [6.07, 6.45) is 7.59. The predicted molar refractivity (Wildman–Crippen MR) is 108 cm³/mol. The Morgan fingerprint density at radius 2 is 2.04 bits per heavy atom. The highest BCUT2D eigenvalue weighted by Crippen LogP contribution is 2.43. The van der Waals surface area contributed by atoms with Gasteiger partial charge in [-0.05, 0) is 54.9 Å². The lowest BCUT2D eigenvalue weighted by atomic mass is 9.65. The fraction of sp³-hybridized carbons (Fsp3) is 0.542. The first-order valence-electron chi connectivity index (χ1n) is 9.81. The first-order valence-corrected chi connectivity index (χ1v) is 9.81. The van der Waals surface area contributed by atoms with E-state index in [1.54, 1.807) is 0 Å². The molecule has 26 heavy (non-hydrogen) atoms. The predicted octanol–water partition coefficient (Wildman–Crippen LogP) is 5.67. The van der Waals surface area contributed by atoms with E-state index in [0.717, 1.165) is 25.7 Å². The largest absolute Gasteiger partial charge is 0.453 e. The van der Waals surface area contributed by atoms with Crippen LogP contribution in [0.4, 0.5) is 0 Å². The van der Waals surface area contributed by atoms with E-state index in [-0.39, 0.29) is 17.5 Å². The van der Waals surface area contributed by atoms with Crippen LogP contribution in [0.15, 0.2) is 43.0 Å². The van der Waals surface area contributed by atoms with Crippen molar-refractivity contribution in [2.75, 3.05) is 0 Å². The topological polar surface area (TPSA) is 26.3 Å². The van der Waals surface area contributed by atoms with Gasteiger partial charge in [-0.3, -0.25) is 0 Å². The maximum Gasteiger partial charge on any atom is 0.384 e. The highest BCUT2D eigenvalue weighted by Gasteiger charge is 2.38. The third kappa shape index (κ3) is 5.49. The van der Waals surface area contributed by atoms with Crippen LogP contribution in [-0.2, 0) is 14.9 Å². The number of carbonyl (C=O) groups is 1. The van der Waals surface area contributed by atoms with Gasteiger partial charge in [0.1, 0.15) is 6.10 Å². The van der Waals surface area contributed by atoms with Crippen LogP contribution in [0.2, 0.25) is 0 Å². The average molecular weight is 353 g/mol. The summed E-state index contributed by atoms with van der Waals surface area (Å²) in [5.41, 5.74) is 1.43. The van der Waals surface area contributed by atoms with Crippen molar-refractivity contribution in [1.82, 2.24) is 0 Å². The molecule has 1 aliphatic carbocycles. The molecular weight excluding hydrogens is 320 g/mol. The van der Waals surface area contributed by atoms with Crippen LogP contribution in [0, 0.1) is 23.7 Å². The highest BCUT2D eigenvalue weighted by molar-refractivity contribution is 5.88. The minimum Gasteiger partial charge on any atom is -0.453 e. The van der Waals surface area contributed by atoms with E-state index in [1.807, 2.05) is 6.08 Å². The Hall–Kier alpha value is -2.01. The second-order valence-electron chi connectivity index (χ2n) is 8.00. The van der Waals surface area contributed by atoms with Crippen molar-refractivity contribution in [2.24, 2.45) is 11.8 Å². The van der Waals surface area contributed by atoms with Gasteiger partial charge in [0.15, 0.2) is 0 Å². The molecule has 0 amide bonds. The molecule has 0 bridgehead atoms. The summed E-state index contributed by atoms with van der Waals surface area (Å²) in [6.45, 7) is 10.5. The number of hydrogen-bond acceptors (Lipinski definition) is 2. The normalized spacial score (nSPS) is 22.8. The Bertz CT molecular complexity index is 648. The smallest absolute Gasteiger partial charge is 0.384 e. The molecule has 1 fully saturated rings. The van der Waals surface area contributed by atoms with Crippen LogP contribution in [0.1, 0.15) is 64.9 Å². The van der Waals surface area contributed by atoms with Crippen molar-refractivity contribution in [3.05, 3.63) is 48.6 Å². The van der Waals surface area contributed by atoms with Crippen LogP contribution >= 0.6 is 0 Å². The van der Waals surface area contributed by atoms with Crippen LogP contribution in [-0.4, -0.2) is 12.1 Å². The molecule has 0 aromatic heterocycles. The number of esters is 1. The summed E-state index contributed by atoms with van der Waals surface area (Å²) < 4.78 is 5.74. The molecule has 0 saturated heterocycles. The molecule has 1 aromatic carbocycles. The molecule has 3 atom stereocenters. The Balaban J connectivity index is 1.97. The van der Waals surface area contributed by atoms with Crippen molar-refractivity contribution < 1.29 is 9.53 Å². The van der Waals surface area contributed by atoms with Crippen LogP contribution < -0.4 is 0 Å². The number of allylic oxidation sites excluding steroid dienone is 1. The Morgan fingerprint density at radius 3 is 2.73 bits per heavy atom. The van der Waals surface area contributed by atoms with E-state index in [1.165, 1.54) is 12.0 Å². The number of hydrogen-bond donors (Lipinski definition) is 0. The van der Waals surface area contributed by atoms with Gasteiger partial charge < -0.3 is 4.74 Å². The molecular formula is C24H32O2. The third-order valence-corrected chi connectivity index (χ3v) is 5.82. The second-order valence-corrected chi connectivity index (χ2v) is 8.00. The molecule has 0 aliphatic heterocycles. The maximum atomic E-state index is 12.1. The van der Waals surface area contributed by atoms with Crippen LogP contribution in [0.3, 0.4) is 0 Å². The number of rotatable bonds is 6. The van der Waals surface area contributed by atoms with Gasteiger partial charge in [0.2, 0.25) is 0 Å². The molecule has 1 saturated carbocycles. The fourth-order valence-corrected chi connectivity index (χ4v) is 3.84. The number of ether oxygens (including phenoxy) is 1. The van der Waals surface area contributed by atoms with Crippen molar-refractivity contribution in [1.29, 1.82) is 0 Å². The second kappa shape index (κ2) is 9.62. The molecule has 2 heteroatoms. The Kier molecular flexibility index (Phi) is 7.51. The van der Waals surface area contributed by atoms with Gasteiger partial charge in [-0.15, -0.1) is 6.58 Å². The van der Waals surface area contributed by atoms with E-state index in [0.29, 0.717) is 18.3 Å². The molecule has 0 spiro atoms. The summed E-state index contributed by atoms with van der Waals surface area (Å²) in [4.78, 5) is 12.1. The van der Waals surface area contributed by atoms with Gasteiger partial charge in [0.05, 0.1) is 0 Å². The van der Waals surface area contributed by atoms with Gasteiger partial charge in [-0.25, -0.2) is 4.79 Å². The molecule has 1 aromatic rings. The molecule has 2 rings (SSSR count). The van der Waals surface area contributed by atoms with Gasteiger partial charge in [0, 0.05) is 12.3 Å². The van der Waals surface area contributed by atoms with E-state index < -0.39 is 0 Å². The monoisotopic (exact) mass is 352 g/mol. The number of carbonyl (C=O) groups excluding carboxylic acids is 1. The van der Waals surface area contributed by atoms with Gasteiger partial charge in [-0.1, -0.05) is 63.1 Å². The minimum atomic E-state index is -0.376. The molecule has 0 radical (unpaired) electrons. The fourth-order valence-electron chi connectivity index (χ4n) is 3.84. The maximum absolute atomic E-state index is 12.1. The van der Waals surface area contributed by atoms with Crippen molar-refractivity contribution >= 4 is 5.97 Å². The van der Waals surface area contributed by atoms with E-state index in [4.69, 9.17) is 4.74 Å². The molecule has 0 N–H and O–H groups in total. The van der Waals surface area contributed by atoms with E-state index in [2.05, 4.69) is 69.5 Å². The Morgan fingerprint density at radius 1 is 1.31 bits per heavy atom. The lowest BCUT2D eigenvalue weighted by molar-refractivity contribution is -0.147. The minimum absolute atomic E-state index is 0.0355. The summed E-state index contributed by atoms with van der Waals surface area (Å²) in [6, 6.07) is 10.7. The van der Waals surface area contributed by atoms with Gasteiger partial charge >= 0.3 is 5.97 Å². The zero-order valence-electron chi connectivity index (χ0n) is 16.5. The highest BCUT2D eigenvalue weighted by atomic mass is 16.5. The van der Waals surface area contributed by atoms with E-state index in [9.17, 15) is 4.79 Å². The average Bonchev–Trinajstić information content (AvgIpc) is 2.64. The van der Waals surface area contributed by atoms with Gasteiger partial charge in [0.25, 0.3) is 0 Å². The summed E-state index contributed by atoms with van der Waals surface area (Å²) >= 11 is 0. The first kappa shape index (κ1) is 20.3. The number of unbranched alkanes of at least 4 members (excludes halogenated alkanes) is 2. The SMILES string of the molecule is C=CCCCC#CC(=O)O[C@@H]1C[C@H](C(C)(C)c2ccccc2)CC[C@H]1C. The summed E-state index contributed by atoms with van der Waals surface area (Å²) in [7, 11) is 0. The zero-order valence-corrected chi connectivity index (χ0v) is 16.5. The molecule has 140 valence electrons. The first-order chi connectivity index (χ1) is 12.4. The summed E-state index contributed by atoms with van der Waals surface area (Å²) in [5, 5.41) is 0. The van der Waals surface area contributed by atoms with Crippen molar-refractivity contribution in [3.63, 3.8) is 0 Å². The van der Waals surface area contributed by atoms with Gasteiger partial charge in [-0.2, -0.15) is 0 Å². The van der Waals surface area contributed by atoms with Crippen molar-refractivity contribution in [3.8, 4) is 11.8 Å². The molecule has 0 unspecified atom stereocenters. The molecule has 2 nitrogen and oxygen atoms in total. The number of benzene rings is 1. The van der Waals surface area contributed by atoms with E-state index >= 15 is 0 Å². The zero-order chi connectivity index (χ0) is 19.0. The lowest BCUT2D eigenvalue weighted by Gasteiger charge is -2.42. The standard InChI is InChI=1S/C24H32O2/c1-5-6-7-8-12-15-23(25)26-22-18-21(17-16-19(22)2)24(3,4)20-13-10-9-11-14-20/h5,9-11,13-14,19,21-22H,1,6-8,16-18H2,2-4H3/t19-,21-,22-/m1/s1. The lowest BCUT2D eigenvalue weighted by Crippen LogP contribution is -2.39. The summed E-state index contributed by atoms with van der Waals surface area (Å²) in [5.74, 6) is 6.08. The van der Waals surface area contributed by atoms with Crippen molar-refractivity contribution in [2.45, 2.75) is 70.8 Å². The molecule has 0 heterocycles. The quantitative estimate of drug-likeness (QED) is 0.217.